The van der Waals surface area contributed by atoms with Gasteiger partial charge in [0.15, 0.2) is 11.0 Å². The Bertz CT molecular complexity index is 1380. The molecule has 32 heavy (non-hydrogen) atoms. The Morgan fingerprint density at radius 1 is 1.09 bits per heavy atom. The first-order valence-corrected chi connectivity index (χ1v) is 11.5. The second-order valence-electron chi connectivity index (χ2n) is 7.52. The molecular weight excluding hydrogens is 442 g/mol. The average molecular weight is 462 g/mol. The van der Waals surface area contributed by atoms with Gasteiger partial charge in [0.1, 0.15) is 10.9 Å². The summed E-state index contributed by atoms with van der Waals surface area (Å²) in [4.78, 5) is 8.89. The number of nitrogens with zero attached hydrogens (tertiary/aromatic N) is 5. The van der Waals surface area contributed by atoms with E-state index < -0.39 is 0 Å². The smallest absolute Gasteiger partial charge is 0.192 e. The number of halogens is 1. The fraction of sp³-hybridized carbons (Fsp3) is 0.167. The number of hydrogen-bond donors (Lipinski definition) is 0. The molecule has 0 fully saturated rings. The average Bonchev–Trinajstić information content (AvgIpc) is 3.47. The molecule has 0 aliphatic rings. The van der Waals surface area contributed by atoms with Crippen LogP contribution in [0.5, 0.6) is 0 Å². The zero-order valence-electron chi connectivity index (χ0n) is 17.6. The fourth-order valence-corrected chi connectivity index (χ4v) is 4.75. The van der Waals surface area contributed by atoms with Gasteiger partial charge in [0.25, 0.3) is 0 Å². The van der Waals surface area contributed by atoms with Crippen LogP contribution in [0.25, 0.3) is 22.3 Å². The van der Waals surface area contributed by atoms with Gasteiger partial charge >= 0.3 is 0 Å². The van der Waals surface area contributed by atoms with Crippen LogP contribution in [0.1, 0.15) is 22.5 Å². The molecule has 0 unspecified atom stereocenters. The van der Waals surface area contributed by atoms with Gasteiger partial charge < -0.3 is 4.42 Å². The number of fused-ring (bicyclic) bond motifs is 1. The number of thioether (sulfide) groups is 1. The third-order valence-corrected chi connectivity index (χ3v) is 6.77. The van der Waals surface area contributed by atoms with E-state index in [0.29, 0.717) is 17.5 Å². The summed E-state index contributed by atoms with van der Waals surface area (Å²) in [5, 5.41) is 11.3. The monoisotopic (exact) mass is 461 g/mol. The van der Waals surface area contributed by atoms with Crippen molar-refractivity contribution in [1.82, 2.24) is 24.7 Å². The lowest BCUT2D eigenvalue weighted by molar-refractivity contribution is 0.485. The van der Waals surface area contributed by atoms with Crippen LogP contribution in [0, 0.1) is 13.8 Å². The predicted octanol–water partition coefficient (Wildman–Crippen LogP) is 6.09. The zero-order chi connectivity index (χ0) is 22.1. The Labute approximate surface area is 194 Å². The minimum atomic E-state index is 0.517. The summed E-state index contributed by atoms with van der Waals surface area (Å²) in [6.07, 6.45) is 5.19. The van der Waals surface area contributed by atoms with Gasteiger partial charge in [-0.2, -0.15) is 0 Å². The molecule has 6 nitrogen and oxygen atoms in total. The normalized spacial score (nSPS) is 11.3. The van der Waals surface area contributed by atoms with Gasteiger partial charge in [0.05, 0.1) is 18.3 Å². The molecule has 0 aliphatic carbocycles. The molecule has 0 amide bonds. The zero-order valence-corrected chi connectivity index (χ0v) is 19.2. The van der Waals surface area contributed by atoms with Gasteiger partial charge in [0.2, 0.25) is 0 Å². The maximum Gasteiger partial charge on any atom is 0.192 e. The van der Waals surface area contributed by atoms with Crippen molar-refractivity contribution in [1.29, 1.82) is 0 Å². The van der Waals surface area contributed by atoms with Crippen molar-refractivity contribution in [3.8, 4) is 11.4 Å². The Balaban J connectivity index is 1.47. The summed E-state index contributed by atoms with van der Waals surface area (Å²) in [5.74, 6) is 2.19. The molecule has 0 spiro atoms. The largest absolute Gasteiger partial charge is 0.467 e. The van der Waals surface area contributed by atoms with Crippen LogP contribution < -0.4 is 0 Å². The number of benzene rings is 1. The molecule has 8 heteroatoms. The highest BCUT2D eigenvalue weighted by Crippen LogP contribution is 2.31. The molecule has 0 bridgehead atoms. The third-order valence-electron chi connectivity index (χ3n) is 5.43. The molecule has 0 saturated carbocycles. The summed E-state index contributed by atoms with van der Waals surface area (Å²) >= 11 is 8.13. The maximum atomic E-state index is 6.56. The lowest BCUT2D eigenvalue weighted by Crippen LogP contribution is -2.04. The van der Waals surface area contributed by atoms with Gasteiger partial charge in [-0.1, -0.05) is 35.5 Å². The van der Waals surface area contributed by atoms with Crippen molar-refractivity contribution >= 4 is 34.3 Å². The Morgan fingerprint density at radius 3 is 2.78 bits per heavy atom. The summed E-state index contributed by atoms with van der Waals surface area (Å²) in [6.45, 7) is 4.68. The number of hydrogen-bond acceptors (Lipinski definition) is 6. The van der Waals surface area contributed by atoms with Crippen LogP contribution in [0.3, 0.4) is 0 Å². The van der Waals surface area contributed by atoms with Gasteiger partial charge in [-0.05, 0) is 55.3 Å². The number of aryl methyl sites for hydroxylation is 2. The first kappa shape index (κ1) is 20.7. The van der Waals surface area contributed by atoms with Gasteiger partial charge in [-0.15, -0.1) is 10.2 Å². The minimum Gasteiger partial charge on any atom is -0.467 e. The summed E-state index contributed by atoms with van der Waals surface area (Å²) in [5.41, 5.74) is 5.17. The van der Waals surface area contributed by atoms with Crippen LogP contribution in [0.15, 0.2) is 70.7 Å². The molecule has 4 aromatic heterocycles. The molecule has 0 radical (unpaired) electrons. The molecule has 5 aromatic rings. The molecule has 0 saturated heterocycles. The van der Waals surface area contributed by atoms with Crippen LogP contribution in [-0.2, 0) is 12.3 Å². The van der Waals surface area contributed by atoms with Crippen molar-refractivity contribution in [2.45, 2.75) is 31.3 Å². The molecule has 0 aliphatic heterocycles. The summed E-state index contributed by atoms with van der Waals surface area (Å²) in [6, 6.07) is 14.0. The van der Waals surface area contributed by atoms with Crippen LogP contribution in [-0.4, -0.2) is 24.7 Å². The maximum absolute atomic E-state index is 6.56. The van der Waals surface area contributed by atoms with E-state index in [1.165, 1.54) is 5.56 Å². The Hall–Kier alpha value is -3.16. The predicted molar refractivity (Wildman–Crippen MR) is 127 cm³/mol. The highest BCUT2D eigenvalue weighted by Gasteiger charge is 2.17. The van der Waals surface area contributed by atoms with E-state index in [9.17, 15) is 0 Å². The van der Waals surface area contributed by atoms with Crippen molar-refractivity contribution < 1.29 is 4.42 Å². The molecule has 0 atom stereocenters. The van der Waals surface area contributed by atoms with Gasteiger partial charge in [-0.25, -0.2) is 4.98 Å². The number of rotatable bonds is 6. The molecule has 1 aromatic carbocycles. The van der Waals surface area contributed by atoms with E-state index in [4.69, 9.17) is 16.0 Å². The van der Waals surface area contributed by atoms with Gasteiger partial charge in [0, 0.05) is 34.7 Å². The fourth-order valence-electron chi connectivity index (χ4n) is 3.55. The second-order valence-corrected chi connectivity index (χ2v) is 8.82. The molecule has 4 heterocycles. The highest BCUT2D eigenvalue weighted by atomic mass is 35.5. The molecule has 5 rings (SSSR count). The van der Waals surface area contributed by atoms with Crippen molar-refractivity contribution in [3.05, 3.63) is 88.7 Å². The van der Waals surface area contributed by atoms with E-state index in [2.05, 4.69) is 52.2 Å². The number of aromatic nitrogens is 5. The van der Waals surface area contributed by atoms with Gasteiger partial charge in [-0.3, -0.25) is 9.55 Å². The molecule has 0 N–H and O–H groups in total. The van der Waals surface area contributed by atoms with E-state index in [1.807, 2.05) is 28.8 Å². The summed E-state index contributed by atoms with van der Waals surface area (Å²) < 4.78 is 7.61. The topological polar surface area (TPSA) is 69.6 Å². The van der Waals surface area contributed by atoms with E-state index in [0.717, 1.165) is 44.3 Å². The first-order valence-electron chi connectivity index (χ1n) is 10.1. The lowest BCUT2D eigenvalue weighted by atomic mass is 10.0. The Kier molecular flexibility index (Phi) is 5.68. The van der Waals surface area contributed by atoms with E-state index >= 15 is 0 Å². The first-order chi connectivity index (χ1) is 15.6. The SMILES string of the molecule is Cc1ccc2cc(CSc3nnc(-c4cccnc4)n3Cc3ccco3)c(Cl)nc2c1C. The molecule has 160 valence electrons. The van der Waals surface area contributed by atoms with E-state index in [-0.39, 0.29) is 0 Å². The van der Waals surface area contributed by atoms with Crippen molar-refractivity contribution in [2.24, 2.45) is 0 Å². The number of pyridine rings is 2. The van der Waals surface area contributed by atoms with Crippen LogP contribution >= 0.6 is 23.4 Å². The lowest BCUT2D eigenvalue weighted by Gasteiger charge is -2.11. The van der Waals surface area contributed by atoms with E-state index in [1.54, 1.807) is 30.4 Å². The summed E-state index contributed by atoms with van der Waals surface area (Å²) in [7, 11) is 0. The molecular formula is C24H20ClN5OS. The quantitative estimate of drug-likeness (QED) is 0.225. The second kappa shape index (κ2) is 8.76. The standard InChI is InChI=1S/C24H20ClN5OS/c1-15-7-8-17-11-19(22(25)27-21(17)16(15)2)14-32-24-29-28-23(18-5-3-9-26-12-18)30(24)13-20-6-4-10-31-20/h3-12H,13-14H2,1-2H3. The van der Waals surface area contributed by atoms with Crippen LogP contribution in [0.2, 0.25) is 5.15 Å². The Morgan fingerprint density at radius 2 is 2.00 bits per heavy atom. The minimum absolute atomic E-state index is 0.517. The van der Waals surface area contributed by atoms with Crippen molar-refractivity contribution in [2.75, 3.05) is 0 Å². The third kappa shape index (κ3) is 4.01. The van der Waals surface area contributed by atoms with Crippen LogP contribution in [0.4, 0.5) is 0 Å². The van der Waals surface area contributed by atoms with Crippen molar-refractivity contribution in [3.63, 3.8) is 0 Å². The number of furan rings is 1. The highest BCUT2D eigenvalue weighted by molar-refractivity contribution is 7.98.